The summed E-state index contributed by atoms with van der Waals surface area (Å²) in [4.78, 5) is 14.2. The zero-order chi connectivity index (χ0) is 12.5. The van der Waals surface area contributed by atoms with Crippen LogP contribution in [0.25, 0.3) is 0 Å². The lowest BCUT2D eigenvalue weighted by atomic mass is 9.97. The van der Waals surface area contributed by atoms with Crippen LogP contribution >= 0.6 is 24.8 Å². The van der Waals surface area contributed by atoms with E-state index < -0.39 is 0 Å². The van der Waals surface area contributed by atoms with Gasteiger partial charge in [-0.15, -0.1) is 24.8 Å². The number of carbonyl (C=O) groups excluding carboxylic acids is 1. The number of carbonyl (C=O) groups is 1. The van der Waals surface area contributed by atoms with E-state index in [1.165, 1.54) is 12.8 Å². The van der Waals surface area contributed by atoms with E-state index >= 15 is 0 Å². The standard InChI is InChI=1S/C13H25N3O.2ClH/c1-13(2,3)15-12(17)9-16-7-10-4-5-11(8-16)14-6-10;;/h10-11,14H,4-9H2,1-3H3,(H,15,17);2*1H/t10-,11-;;/m0../s1. The van der Waals surface area contributed by atoms with Crippen molar-refractivity contribution in [2.75, 3.05) is 26.2 Å². The Morgan fingerprint density at radius 3 is 2.47 bits per heavy atom. The zero-order valence-electron chi connectivity index (χ0n) is 12.1. The number of rotatable bonds is 2. The molecule has 19 heavy (non-hydrogen) atoms. The van der Waals surface area contributed by atoms with Gasteiger partial charge in [-0.2, -0.15) is 0 Å². The number of nitrogens with one attached hydrogen (secondary N) is 2. The molecule has 0 aromatic carbocycles. The first kappa shape index (κ1) is 19.0. The Labute approximate surface area is 128 Å². The summed E-state index contributed by atoms with van der Waals surface area (Å²) in [7, 11) is 0. The fourth-order valence-electron chi connectivity index (χ4n) is 2.83. The lowest BCUT2D eigenvalue weighted by Crippen LogP contribution is -2.47. The predicted molar refractivity (Wildman–Crippen MR) is 83.3 cm³/mol. The van der Waals surface area contributed by atoms with Crippen molar-refractivity contribution in [2.45, 2.75) is 45.2 Å². The number of nitrogens with zero attached hydrogens (tertiary/aromatic N) is 1. The number of hydrogen-bond acceptors (Lipinski definition) is 3. The Hall–Kier alpha value is -0.0300. The SMILES string of the molecule is CC(C)(C)NC(=O)CN1C[C@H]2CC[C@@H](C1)NC2.Cl.Cl. The van der Waals surface area contributed by atoms with Crippen LogP contribution < -0.4 is 10.6 Å². The minimum absolute atomic E-state index is 0. The van der Waals surface area contributed by atoms with Crippen molar-refractivity contribution < 1.29 is 4.79 Å². The number of hydrogen-bond donors (Lipinski definition) is 2. The van der Waals surface area contributed by atoms with Gasteiger partial charge >= 0.3 is 0 Å². The summed E-state index contributed by atoms with van der Waals surface area (Å²) in [6.45, 7) is 9.85. The average Bonchev–Trinajstić information content (AvgIpc) is 2.45. The van der Waals surface area contributed by atoms with Crippen LogP contribution in [0.15, 0.2) is 0 Å². The molecule has 3 rings (SSSR count). The van der Waals surface area contributed by atoms with Crippen LogP contribution in [0.5, 0.6) is 0 Å². The van der Waals surface area contributed by atoms with Gasteiger partial charge in [-0.1, -0.05) is 0 Å². The van der Waals surface area contributed by atoms with Gasteiger partial charge in [0.2, 0.25) is 5.91 Å². The average molecular weight is 312 g/mol. The molecule has 0 aliphatic carbocycles. The van der Waals surface area contributed by atoms with Crippen molar-refractivity contribution >= 4 is 30.7 Å². The highest BCUT2D eigenvalue weighted by Gasteiger charge is 2.30. The molecule has 3 aliphatic rings. The molecule has 3 heterocycles. The third kappa shape index (κ3) is 6.30. The second-order valence-electron chi connectivity index (χ2n) is 6.54. The second-order valence-corrected chi connectivity index (χ2v) is 6.54. The van der Waals surface area contributed by atoms with Gasteiger partial charge in [0.15, 0.2) is 0 Å². The maximum absolute atomic E-state index is 11.9. The van der Waals surface area contributed by atoms with Crippen LogP contribution in [0, 0.1) is 5.92 Å². The maximum Gasteiger partial charge on any atom is 0.234 e. The van der Waals surface area contributed by atoms with E-state index in [9.17, 15) is 4.79 Å². The summed E-state index contributed by atoms with van der Waals surface area (Å²) in [6, 6.07) is 0.594. The van der Waals surface area contributed by atoms with Crippen molar-refractivity contribution in [1.29, 1.82) is 0 Å². The molecule has 2 atom stereocenters. The third-order valence-corrected chi connectivity index (χ3v) is 3.50. The molecule has 3 fully saturated rings. The number of halogens is 2. The summed E-state index contributed by atoms with van der Waals surface area (Å²) in [5, 5.41) is 6.60. The predicted octanol–water partition coefficient (Wildman–Crippen LogP) is 1.43. The van der Waals surface area contributed by atoms with Gasteiger partial charge in [-0.25, -0.2) is 0 Å². The lowest BCUT2D eigenvalue weighted by Gasteiger charge is -2.25. The zero-order valence-corrected chi connectivity index (χ0v) is 13.7. The van der Waals surface area contributed by atoms with Gasteiger partial charge in [-0.05, 0) is 46.1 Å². The van der Waals surface area contributed by atoms with Crippen molar-refractivity contribution in [3.63, 3.8) is 0 Å². The van der Waals surface area contributed by atoms with Crippen LogP contribution in [0.2, 0.25) is 0 Å². The Kier molecular flexibility index (Phi) is 7.66. The van der Waals surface area contributed by atoms with Crippen molar-refractivity contribution in [2.24, 2.45) is 5.92 Å². The molecule has 2 N–H and O–H groups in total. The highest BCUT2D eigenvalue weighted by molar-refractivity contribution is 5.85. The molecule has 114 valence electrons. The van der Waals surface area contributed by atoms with Gasteiger partial charge in [0.25, 0.3) is 0 Å². The largest absolute Gasteiger partial charge is 0.350 e. The molecular formula is C13H27Cl2N3O. The van der Waals surface area contributed by atoms with E-state index in [1.807, 2.05) is 20.8 Å². The normalized spacial score (nSPS) is 26.9. The highest BCUT2D eigenvalue weighted by atomic mass is 35.5. The first-order chi connectivity index (χ1) is 7.92. The fourth-order valence-corrected chi connectivity index (χ4v) is 2.83. The smallest absolute Gasteiger partial charge is 0.234 e. The molecule has 0 spiro atoms. The van der Waals surface area contributed by atoms with E-state index in [0.717, 1.165) is 25.6 Å². The summed E-state index contributed by atoms with van der Waals surface area (Å²) in [6.07, 6.45) is 2.58. The molecule has 4 nitrogen and oxygen atoms in total. The highest BCUT2D eigenvalue weighted by Crippen LogP contribution is 2.21. The van der Waals surface area contributed by atoms with Crippen LogP contribution in [-0.4, -0.2) is 48.6 Å². The molecule has 0 aromatic heterocycles. The van der Waals surface area contributed by atoms with Crippen LogP contribution in [0.4, 0.5) is 0 Å². The minimum atomic E-state index is -0.125. The fraction of sp³-hybridized carbons (Fsp3) is 0.923. The molecule has 0 aromatic rings. The van der Waals surface area contributed by atoms with E-state index in [2.05, 4.69) is 15.5 Å². The van der Waals surface area contributed by atoms with Gasteiger partial charge in [0, 0.05) is 24.7 Å². The Morgan fingerprint density at radius 2 is 1.95 bits per heavy atom. The van der Waals surface area contributed by atoms with Gasteiger partial charge in [-0.3, -0.25) is 9.69 Å². The van der Waals surface area contributed by atoms with Gasteiger partial charge in [0.1, 0.15) is 0 Å². The second kappa shape index (κ2) is 7.67. The molecule has 0 saturated carbocycles. The van der Waals surface area contributed by atoms with E-state index in [0.29, 0.717) is 12.6 Å². The van der Waals surface area contributed by atoms with Crippen LogP contribution in [-0.2, 0) is 4.79 Å². The van der Waals surface area contributed by atoms with Crippen LogP contribution in [0.1, 0.15) is 33.6 Å². The Balaban J connectivity index is 0.00000162. The first-order valence-electron chi connectivity index (χ1n) is 6.69. The van der Waals surface area contributed by atoms with Crippen molar-refractivity contribution in [3.8, 4) is 0 Å². The molecule has 0 radical (unpaired) electrons. The number of amides is 1. The minimum Gasteiger partial charge on any atom is -0.350 e. The topological polar surface area (TPSA) is 44.4 Å². The maximum atomic E-state index is 11.9. The summed E-state index contributed by atoms with van der Waals surface area (Å²) in [5.41, 5.74) is -0.125. The third-order valence-electron chi connectivity index (χ3n) is 3.50. The number of fused-ring (bicyclic) bond motifs is 4. The first-order valence-corrected chi connectivity index (χ1v) is 6.69. The Morgan fingerprint density at radius 1 is 1.26 bits per heavy atom. The van der Waals surface area contributed by atoms with Gasteiger partial charge < -0.3 is 10.6 Å². The molecule has 3 saturated heterocycles. The molecule has 1 amide bonds. The van der Waals surface area contributed by atoms with E-state index in [1.54, 1.807) is 0 Å². The van der Waals surface area contributed by atoms with E-state index in [4.69, 9.17) is 0 Å². The summed E-state index contributed by atoms with van der Waals surface area (Å²) >= 11 is 0. The van der Waals surface area contributed by atoms with Gasteiger partial charge in [0.05, 0.1) is 6.54 Å². The van der Waals surface area contributed by atoms with Crippen molar-refractivity contribution in [3.05, 3.63) is 0 Å². The van der Waals surface area contributed by atoms with Crippen molar-refractivity contribution in [1.82, 2.24) is 15.5 Å². The molecular weight excluding hydrogens is 285 g/mol. The summed E-state index contributed by atoms with van der Waals surface area (Å²) < 4.78 is 0. The quantitative estimate of drug-likeness (QED) is 0.811. The Bertz CT molecular complexity index is 272. The molecule has 3 aliphatic heterocycles. The van der Waals surface area contributed by atoms with E-state index in [-0.39, 0.29) is 36.3 Å². The molecule has 2 bridgehead atoms. The number of piperidine rings is 1. The summed E-state index contributed by atoms with van der Waals surface area (Å²) in [5.74, 6) is 0.884. The molecule has 0 unspecified atom stereocenters. The molecule has 6 heteroatoms. The van der Waals surface area contributed by atoms with Crippen LogP contribution in [0.3, 0.4) is 0 Å². The monoisotopic (exact) mass is 311 g/mol. The lowest BCUT2D eigenvalue weighted by molar-refractivity contribution is -0.123.